The van der Waals surface area contributed by atoms with Gasteiger partial charge in [-0.3, -0.25) is 14.9 Å². The van der Waals surface area contributed by atoms with Crippen LogP contribution in [-0.2, 0) is 0 Å². The number of benzene rings is 1. The van der Waals surface area contributed by atoms with Crippen LogP contribution >= 0.6 is 27.7 Å². The fourth-order valence-corrected chi connectivity index (χ4v) is 2.59. The predicted molar refractivity (Wildman–Crippen MR) is 80.7 cm³/mol. The van der Waals surface area contributed by atoms with Crippen molar-refractivity contribution in [1.82, 2.24) is 5.32 Å². The molecule has 1 N–H and O–H groups in total. The molecule has 0 saturated heterocycles. The third-order valence-corrected chi connectivity index (χ3v) is 4.01. The van der Waals surface area contributed by atoms with E-state index in [1.165, 1.54) is 12.1 Å². The summed E-state index contributed by atoms with van der Waals surface area (Å²) < 4.78 is 0.224. The van der Waals surface area contributed by atoms with Crippen LogP contribution < -0.4 is 5.32 Å². The Balaban J connectivity index is 2.62. The van der Waals surface area contributed by atoms with Crippen LogP contribution in [0.15, 0.2) is 22.7 Å². The highest BCUT2D eigenvalue weighted by Gasteiger charge is 2.18. The summed E-state index contributed by atoms with van der Waals surface area (Å²) in [4.78, 5) is 22.2. The van der Waals surface area contributed by atoms with Crippen LogP contribution in [0.25, 0.3) is 0 Å². The van der Waals surface area contributed by atoms with Gasteiger partial charge in [-0.15, -0.1) is 0 Å². The molecule has 0 aliphatic heterocycles. The first-order valence-electron chi connectivity index (χ1n) is 5.78. The summed E-state index contributed by atoms with van der Waals surface area (Å²) in [6, 6.07) is 4.43. The number of carbonyl (C=O) groups is 1. The second kappa shape index (κ2) is 8.16. The maximum atomic E-state index is 11.9. The molecular formula is C12H15BrN2O3S. The van der Waals surface area contributed by atoms with Crippen LogP contribution in [0.5, 0.6) is 0 Å². The van der Waals surface area contributed by atoms with E-state index >= 15 is 0 Å². The molecule has 0 spiro atoms. The molecule has 0 aliphatic rings. The Kier molecular flexibility index (Phi) is 6.86. The quantitative estimate of drug-likeness (QED) is 0.467. The molecular weight excluding hydrogens is 332 g/mol. The number of amides is 1. The highest BCUT2D eigenvalue weighted by molar-refractivity contribution is 9.10. The van der Waals surface area contributed by atoms with Crippen molar-refractivity contribution in [3.8, 4) is 0 Å². The third kappa shape index (κ3) is 4.83. The number of rotatable bonds is 7. The summed E-state index contributed by atoms with van der Waals surface area (Å²) >= 11 is 4.88. The number of nitrogens with one attached hydrogen (secondary N) is 1. The van der Waals surface area contributed by atoms with Crippen LogP contribution in [0, 0.1) is 10.1 Å². The first kappa shape index (κ1) is 16.0. The lowest BCUT2D eigenvalue weighted by molar-refractivity contribution is -0.385. The van der Waals surface area contributed by atoms with Gasteiger partial charge in [-0.05, 0) is 46.8 Å². The maximum Gasteiger partial charge on any atom is 0.284 e. The molecule has 0 atom stereocenters. The first-order valence-corrected chi connectivity index (χ1v) is 7.96. The van der Waals surface area contributed by atoms with Crippen LogP contribution in [0.4, 0.5) is 5.69 Å². The lowest BCUT2D eigenvalue weighted by atomic mass is 10.2. The molecule has 0 heterocycles. The Morgan fingerprint density at radius 3 is 2.84 bits per heavy atom. The van der Waals surface area contributed by atoms with Crippen molar-refractivity contribution >= 4 is 39.3 Å². The number of halogens is 1. The Morgan fingerprint density at radius 1 is 1.47 bits per heavy atom. The van der Waals surface area contributed by atoms with Gasteiger partial charge in [0.05, 0.1) is 10.5 Å². The molecule has 19 heavy (non-hydrogen) atoms. The highest BCUT2D eigenvalue weighted by atomic mass is 79.9. The topological polar surface area (TPSA) is 72.2 Å². The second-order valence-corrected chi connectivity index (χ2v) is 5.63. The van der Waals surface area contributed by atoms with E-state index in [0.717, 1.165) is 18.6 Å². The van der Waals surface area contributed by atoms with Gasteiger partial charge in [-0.2, -0.15) is 11.8 Å². The van der Waals surface area contributed by atoms with Gasteiger partial charge in [-0.1, -0.05) is 6.07 Å². The average Bonchev–Trinajstić information content (AvgIpc) is 2.38. The van der Waals surface area contributed by atoms with E-state index in [1.807, 2.05) is 6.26 Å². The summed E-state index contributed by atoms with van der Waals surface area (Å²) in [5.74, 6) is 0.774. The minimum atomic E-state index is -0.515. The van der Waals surface area contributed by atoms with E-state index in [1.54, 1.807) is 17.8 Å². The summed E-state index contributed by atoms with van der Waals surface area (Å²) in [5, 5.41) is 13.5. The fraction of sp³-hybridized carbons (Fsp3) is 0.417. The number of nitro benzene ring substituents is 1. The van der Waals surface area contributed by atoms with Crippen LogP contribution in [-0.4, -0.2) is 29.4 Å². The minimum absolute atomic E-state index is 0.102. The molecule has 0 bridgehead atoms. The lowest BCUT2D eigenvalue weighted by Gasteiger charge is -2.06. The molecule has 1 aromatic rings. The Bertz CT molecular complexity index is 468. The molecule has 7 heteroatoms. The number of unbranched alkanes of at least 4 members (excludes halogenated alkanes) is 1. The molecule has 0 unspecified atom stereocenters. The standard InChI is InChI=1S/C12H15BrN2O3S/c1-19-8-3-2-7-14-12(16)9-5-4-6-10(11(9)13)15(17)18/h4-6H,2-3,7-8H2,1H3,(H,14,16). The molecule has 0 aliphatic carbocycles. The van der Waals surface area contributed by atoms with Crippen LogP contribution in [0.3, 0.4) is 0 Å². The van der Waals surface area contributed by atoms with Crippen molar-refractivity contribution in [2.45, 2.75) is 12.8 Å². The zero-order valence-electron chi connectivity index (χ0n) is 10.5. The van der Waals surface area contributed by atoms with Crippen LogP contribution in [0.2, 0.25) is 0 Å². The number of hydrogen-bond acceptors (Lipinski definition) is 4. The van der Waals surface area contributed by atoms with Crippen LogP contribution in [0.1, 0.15) is 23.2 Å². The van der Waals surface area contributed by atoms with E-state index in [9.17, 15) is 14.9 Å². The molecule has 0 fully saturated rings. The Hall–Kier alpha value is -1.08. The molecule has 104 valence electrons. The van der Waals surface area contributed by atoms with E-state index in [0.29, 0.717) is 12.1 Å². The monoisotopic (exact) mass is 346 g/mol. The molecule has 5 nitrogen and oxygen atoms in total. The Morgan fingerprint density at radius 2 is 2.21 bits per heavy atom. The molecule has 0 radical (unpaired) electrons. The molecule has 1 aromatic carbocycles. The van der Waals surface area contributed by atoms with Gasteiger partial charge in [0, 0.05) is 12.6 Å². The first-order chi connectivity index (χ1) is 9.07. The zero-order valence-corrected chi connectivity index (χ0v) is 12.9. The van der Waals surface area contributed by atoms with Gasteiger partial charge in [0.1, 0.15) is 4.47 Å². The summed E-state index contributed by atoms with van der Waals surface area (Å²) in [6.07, 6.45) is 3.98. The zero-order chi connectivity index (χ0) is 14.3. The fourth-order valence-electron chi connectivity index (χ4n) is 1.50. The molecule has 1 amide bonds. The summed E-state index contributed by atoms with van der Waals surface area (Å²) in [5.41, 5.74) is 0.189. The van der Waals surface area contributed by atoms with E-state index in [4.69, 9.17) is 0 Å². The van der Waals surface area contributed by atoms with Gasteiger partial charge in [0.15, 0.2) is 0 Å². The Labute approximate surface area is 124 Å². The molecule has 0 aromatic heterocycles. The summed E-state index contributed by atoms with van der Waals surface area (Å²) in [6.45, 7) is 0.578. The van der Waals surface area contributed by atoms with Crippen molar-refractivity contribution in [2.75, 3.05) is 18.6 Å². The second-order valence-electron chi connectivity index (χ2n) is 3.85. The van der Waals surface area contributed by atoms with Crippen molar-refractivity contribution in [2.24, 2.45) is 0 Å². The number of carbonyl (C=O) groups excluding carboxylic acids is 1. The van der Waals surface area contributed by atoms with Gasteiger partial charge >= 0.3 is 0 Å². The van der Waals surface area contributed by atoms with E-state index in [-0.39, 0.29) is 16.1 Å². The molecule has 1 rings (SSSR count). The third-order valence-electron chi connectivity index (χ3n) is 2.48. The maximum absolute atomic E-state index is 11.9. The van der Waals surface area contributed by atoms with E-state index < -0.39 is 4.92 Å². The smallest absolute Gasteiger partial charge is 0.284 e. The van der Waals surface area contributed by atoms with E-state index in [2.05, 4.69) is 21.2 Å². The molecule has 0 saturated carbocycles. The van der Waals surface area contributed by atoms with Gasteiger partial charge < -0.3 is 5.32 Å². The van der Waals surface area contributed by atoms with Gasteiger partial charge in [0.25, 0.3) is 11.6 Å². The number of nitro groups is 1. The van der Waals surface area contributed by atoms with Crippen molar-refractivity contribution < 1.29 is 9.72 Å². The van der Waals surface area contributed by atoms with Crippen molar-refractivity contribution in [1.29, 1.82) is 0 Å². The minimum Gasteiger partial charge on any atom is -0.352 e. The summed E-state index contributed by atoms with van der Waals surface area (Å²) in [7, 11) is 0. The lowest BCUT2D eigenvalue weighted by Crippen LogP contribution is -2.25. The highest BCUT2D eigenvalue weighted by Crippen LogP contribution is 2.28. The van der Waals surface area contributed by atoms with Crippen molar-refractivity contribution in [3.05, 3.63) is 38.3 Å². The van der Waals surface area contributed by atoms with Gasteiger partial charge in [0.2, 0.25) is 0 Å². The number of hydrogen-bond donors (Lipinski definition) is 1. The van der Waals surface area contributed by atoms with Crippen molar-refractivity contribution in [3.63, 3.8) is 0 Å². The average molecular weight is 347 g/mol. The number of nitrogens with zero attached hydrogens (tertiary/aromatic N) is 1. The van der Waals surface area contributed by atoms with Gasteiger partial charge in [-0.25, -0.2) is 0 Å². The number of thioether (sulfide) groups is 1. The normalized spacial score (nSPS) is 10.2. The SMILES string of the molecule is CSCCCCNC(=O)c1cccc([N+](=O)[O-])c1Br. The largest absolute Gasteiger partial charge is 0.352 e. The predicted octanol–water partition coefficient (Wildman–Crippen LogP) is 3.23.